The molecule has 2 atom stereocenters. The van der Waals surface area contributed by atoms with E-state index in [0.717, 1.165) is 11.1 Å². The average Bonchev–Trinajstić information content (AvgIpc) is 3.02. The molecule has 0 spiro atoms. The third kappa shape index (κ3) is 2.85. The molecule has 0 fully saturated rings. The zero-order valence-corrected chi connectivity index (χ0v) is 13.9. The number of hydrogen-bond donors (Lipinski definition) is 2. The molecule has 3 aromatic rings. The Bertz CT molecular complexity index is 908. The SMILES string of the molecule is CC1(C)Oc2cc3nonc3cc2C(NCc2ccc(F)cc2)C1O. The molecule has 0 amide bonds. The van der Waals surface area contributed by atoms with Crippen LogP contribution >= 0.6 is 0 Å². The number of aliphatic hydroxyl groups is 1. The van der Waals surface area contributed by atoms with E-state index >= 15 is 0 Å². The Morgan fingerprint density at radius 1 is 1.16 bits per heavy atom. The van der Waals surface area contributed by atoms with Gasteiger partial charge in [0.05, 0.1) is 6.04 Å². The van der Waals surface area contributed by atoms with E-state index in [1.807, 2.05) is 19.9 Å². The summed E-state index contributed by atoms with van der Waals surface area (Å²) in [6.45, 7) is 4.14. The summed E-state index contributed by atoms with van der Waals surface area (Å²) in [5.74, 6) is 0.359. The van der Waals surface area contributed by atoms with E-state index in [0.29, 0.717) is 23.3 Å². The van der Waals surface area contributed by atoms with Crippen LogP contribution in [-0.4, -0.2) is 27.1 Å². The van der Waals surface area contributed by atoms with Gasteiger partial charge in [0.1, 0.15) is 34.3 Å². The van der Waals surface area contributed by atoms with Crippen molar-refractivity contribution in [3.63, 3.8) is 0 Å². The van der Waals surface area contributed by atoms with Gasteiger partial charge in [-0.15, -0.1) is 0 Å². The first-order valence-corrected chi connectivity index (χ1v) is 8.05. The Hall–Kier alpha value is -2.51. The van der Waals surface area contributed by atoms with Crippen molar-refractivity contribution < 1.29 is 18.9 Å². The molecule has 130 valence electrons. The summed E-state index contributed by atoms with van der Waals surface area (Å²) in [6.07, 6.45) is -0.780. The lowest BCUT2D eigenvalue weighted by atomic mass is 9.86. The van der Waals surface area contributed by atoms with Gasteiger partial charge in [0.15, 0.2) is 0 Å². The van der Waals surface area contributed by atoms with Crippen LogP contribution in [-0.2, 0) is 6.54 Å². The molecule has 0 saturated carbocycles. The fraction of sp³-hybridized carbons (Fsp3) is 0.333. The molecular weight excluding hydrogens is 325 g/mol. The molecule has 6 nitrogen and oxygen atoms in total. The number of nitrogens with zero attached hydrogens (tertiary/aromatic N) is 2. The number of ether oxygens (including phenoxy) is 1. The van der Waals surface area contributed by atoms with Crippen LogP contribution in [0.5, 0.6) is 5.75 Å². The Balaban J connectivity index is 1.68. The second-order valence-electron chi connectivity index (χ2n) is 6.78. The number of fused-ring (bicyclic) bond motifs is 2. The van der Waals surface area contributed by atoms with Crippen molar-refractivity contribution in [1.82, 2.24) is 15.6 Å². The van der Waals surface area contributed by atoms with E-state index in [4.69, 9.17) is 9.37 Å². The lowest BCUT2D eigenvalue weighted by Crippen LogP contribution is -2.52. The van der Waals surface area contributed by atoms with Crippen molar-refractivity contribution >= 4 is 11.0 Å². The van der Waals surface area contributed by atoms with Crippen LogP contribution in [0.15, 0.2) is 41.0 Å². The summed E-state index contributed by atoms with van der Waals surface area (Å²) in [4.78, 5) is 0. The molecule has 2 unspecified atom stereocenters. The molecule has 0 aliphatic carbocycles. The molecular formula is C18H18FN3O3. The highest BCUT2D eigenvalue weighted by molar-refractivity contribution is 5.77. The van der Waals surface area contributed by atoms with Crippen molar-refractivity contribution in [2.24, 2.45) is 0 Å². The van der Waals surface area contributed by atoms with Gasteiger partial charge in [-0.1, -0.05) is 12.1 Å². The monoisotopic (exact) mass is 343 g/mol. The summed E-state index contributed by atoms with van der Waals surface area (Å²) >= 11 is 0. The van der Waals surface area contributed by atoms with Crippen LogP contribution in [0.2, 0.25) is 0 Å². The summed E-state index contributed by atoms with van der Waals surface area (Å²) in [5.41, 5.74) is 2.13. The highest BCUT2D eigenvalue weighted by atomic mass is 19.1. The third-order valence-corrected chi connectivity index (χ3v) is 4.56. The van der Waals surface area contributed by atoms with E-state index in [-0.39, 0.29) is 11.9 Å². The minimum atomic E-state index is -0.780. The number of hydrogen-bond acceptors (Lipinski definition) is 6. The lowest BCUT2D eigenvalue weighted by molar-refractivity contribution is -0.0647. The van der Waals surface area contributed by atoms with Crippen LogP contribution in [0.25, 0.3) is 11.0 Å². The van der Waals surface area contributed by atoms with Gasteiger partial charge in [0, 0.05) is 18.2 Å². The first-order valence-electron chi connectivity index (χ1n) is 8.05. The van der Waals surface area contributed by atoms with E-state index in [9.17, 15) is 9.50 Å². The molecule has 1 aliphatic rings. The Morgan fingerprint density at radius 2 is 1.84 bits per heavy atom. The zero-order valence-electron chi connectivity index (χ0n) is 13.9. The minimum absolute atomic E-state index is 0.276. The molecule has 2 heterocycles. The summed E-state index contributed by atoms with van der Waals surface area (Å²) < 4.78 is 23.8. The first-order chi connectivity index (χ1) is 11.9. The Kier molecular flexibility index (Phi) is 3.70. The third-order valence-electron chi connectivity index (χ3n) is 4.56. The molecule has 25 heavy (non-hydrogen) atoms. The zero-order chi connectivity index (χ0) is 17.6. The molecule has 2 N–H and O–H groups in total. The number of rotatable bonds is 3. The summed E-state index contributed by atoms with van der Waals surface area (Å²) in [7, 11) is 0. The van der Waals surface area contributed by atoms with E-state index < -0.39 is 11.7 Å². The number of halogens is 1. The summed E-state index contributed by atoms with van der Waals surface area (Å²) in [5, 5.41) is 21.8. The van der Waals surface area contributed by atoms with Gasteiger partial charge in [-0.25, -0.2) is 9.02 Å². The van der Waals surface area contributed by atoms with E-state index in [1.165, 1.54) is 12.1 Å². The maximum Gasteiger partial charge on any atom is 0.138 e. The second kappa shape index (κ2) is 5.79. The Labute approximate surface area is 143 Å². The molecule has 0 saturated heterocycles. The lowest BCUT2D eigenvalue weighted by Gasteiger charge is -2.42. The van der Waals surface area contributed by atoms with Gasteiger partial charge in [-0.3, -0.25) is 0 Å². The van der Waals surface area contributed by atoms with Crippen LogP contribution in [0, 0.1) is 5.82 Å². The standard InChI is InChI=1S/C18H18FN3O3/c1-18(2)17(23)16(20-9-10-3-5-11(19)6-4-10)12-7-13-14(22-25-21-13)8-15(12)24-18/h3-8,16-17,20,23H,9H2,1-2H3. The van der Waals surface area contributed by atoms with Crippen molar-refractivity contribution in [3.05, 3.63) is 53.3 Å². The number of benzene rings is 2. The Morgan fingerprint density at radius 3 is 2.56 bits per heavy atom. The molecule has 2 aromatic carbocycles. The summed E-state index contributed by atoms with van der Waals surface area (Å²) in [6, 6.07) is 9.46. The average molecular weight is 343 g/mol. The fourth-order valence-electron chi connectivity index (χ4n) is 3.13. The van der Waals surface area contributed by atoms with Crippen molar-refractivity contribution in [2.45, 2.75) is 38.1 Å². The number of aromatic nitrogens is 2. The van der Waals surface area contributed by atoms with E-state index in [1.54, 1.807) is 18.2 Å². The topological polar surface area (TPSA) is 80.4 Å². The molecule has 4 rings (SSSR count). The predicted molar refractivity (Wildman–Crippen MR) is 88.5 cm³/mol. The van der Waals surface area contributed by atoms with Crippen molar-refractivity contribution in [3.8, 4) is 5.75 Å². The first kappa shape index (κ1) is 16.0. The van der Waals surface area contributed by atoms with Crippen LogP contribution < -0.4 is 10.1 Å². The van der Waals surface area contributed by atoms with E-state index in [2.05, 4.69) is 15.6 Å². The normalized spacial score (nSPS) is 21.8. The highest BCUT2D eigenvalue weighted by Crippen LogP contribution is 2.41. The number of aliphatic hydroxyl groups excluding tert-OH is 1. The molecule has 1 aliphatic heterocycles. The maximum atomic E-state index is 13.1. The second-order valence-corrected chi connectivity index (χ2v) is 6.78. The van der Waals surface area contributed by atoms with Gasteiger partial charge in [0.25, 0.3) is 0 Å². The van der Waals surface area contributed by atoms with Gasteiger partial charge in [-0.2, -0.15) is 0 Å². The molecule has 0 radical (unpaired) electrons. The largest absolute Gasteiger partial charge is 0.485 e. The minimum Gasteiger partial charge on any atom is -0.485 e. The highest BCUT2D eigenvalue weighted by Gasteiger charge is 2.43. The number of nitrogens with one attached hydrogen (secondary N) is 1. The van der Waals surface area contributed by atoms with Gasteiger partial charge in [0.2, 0.25) is 0 Å². The smallest absolute Gasteiger partial charge is 0.138 e. The van der Waals surface area contributed by atoms with Crippen LogP contribution in [0.1, 0.15) is 31.0 Å². The molecule has 7 heteroatoms. The molecule has 0 bridgehead atoms. The van der Waals surface area contributed by atoms with Crippen molar-refractivity contribution in [1.29, 1.82) is 0 Å². The van der Waals surface area contributed by atoms with Crippen molar-refractivity contribution in [2.75, 3.05) is 0 Å². The fourth-order valence-corrected chi connectivity index (χ4v) is 3.13. The van der Waals surface area contributed by atoms with Gasteiger partial charge >= 0.3 is 0 Å². The van der Waals surface area contributed by atoms with Gasteiger partial charge < -0.3 is 15.2 Å². The van der Waals surface area contributed by atoms with Gasteiger partial charge in [-0.05, 0) is 47.9 Å². The molecule has 1 aromatic heterocycles. The van der Waals surface area contributed by atoms with Crippen LogP contribution in [0.3, 0.4) is 0 Å². The van der Waals surface area contributed by atoms with Crippen LogP contribution in [0.4, 0.5) is 4.39 Å². The quantitative estimate of drug-likeness (QED) is 0.761. The predicted octanol–water partition coefficient (Wildman–Crippen LogP) is 2.72. The maximum absolute atomic E-state index is 13.1.